The third-order valence-electron chi connectivity index (χ3n) is 5.13. The van der Waals surface area contributed by atoms with E-state index in [9.17, 15) is 4.79 Å². The van der Waals surface area contributed by atoms with Crippen LogP contribution in [0.15, 0.2) is 85.3 Å². The Kier molecular flexibility index (Phi) is 5.77. The fourth-order valence-corrected chi connectivity index (χ4v) is 3.83. The Balaban J connectivity index is 1.45. The predicted molar refractivity (Wildman–Crippen MR) is 131 cm³/mol. The molecule has 3 aromatic heterocycles. The molecule has 5 rings (SSSR count). The third-order valence-corrected chi connectivity index (χ3v) is 5.62. The molecule has 0 radical (unpaired) electrons. The first-order valence-corrected chi connectivity index (χ1v) is 10.9. The van der Waals surface area contributed by atoms with Gasteiger partial charge in [0, 0.05) is 45.7 Å². The van der Waals surface area contributed by atoms with Crippen LogP contribution in [0.5, 0.6) is 0 Å². The van der Waals surface area contributed by atoms with Crippen LogP contribution in [-0.4, -0.2) is 25.7 Å². The molecule has 0 spiro atoms. The largest absolute Gasteiger partial charge is 0.305 e. The lowest BCUT2D eigenvalue weighted by molar-refractivity contribution is 0.102. The number of carbonyl (C=O) groups is 1. The number of rotatable bonds is 5. The summed E-state index contributed by atoms with van der Waals surface area (Å²) >= 11 is 12.2. The molecule has 1 amide bonds. The number of nitrogens with one attached hydrogen (secondary N) is 1. The van der Waals surface area contributed by atoms with Gasteiger partial charge in [-0.1, -0.05) is 35.3 Å². The van der Waals surface area contributed by atoms with Crippen molar-refractivity contribution >= 4 is 45.8 Å². The van der Waals surface area contributed by atoms with Gasteiger partial charge in [-0.05, 0) is 54.1 Å². The van der Waals surface area contributed by atoms with Crippen LogP contribution < -0.4 is 5.32 Å². The molecule has 0 aliphatic carbocycles. The Morgan fingerprint density at radius 2 is 1.67 bits per heavy atom. The van der Waals surface area contributed by atoms with E-state index in [2.05, 4.69) is 15.4 Å². The van der Waals surface area contributed by atoms with Gasteiger partial charge in [-0.15, -0.1) is 0 Å². The summed E-state index contributed by atoms with van der Waals surface area (Å²) in [4.78, 5) is 22.0. The predicted octanol–water partition coefficient (Wildman–Crippen LogP) is 6.10. The number of pyridine rings is 2. The molecule has 1 N–H and O–H groups in total. The van der Waals surface area contributed by atoms with Crippen molar-refractivity contribution in [2.24, 2.45) is 0 Å². The number of carbonyl (C=O) groups excluding carboxylic acids is 1. The molecule has 6 nitrogen and oxygen atoms in total. The van der Waals surface area contributed by atoms with Gasteiger partial charge in [-0.2, -0.15) is 5.10 Å². The number of nitrogens with zero attached hydrogens (tertiary/aromatic N) is 4. The van der Waals surface area contributed by atoms with Gasteiger partial charge in [0.2, 0.25) is 0 Å². The monoisotopic (exact) mass is 473 g/mol. The molecule has 0 fully saturated rings. The van der Waals surface area contributed by atoms with E-state index in [0.717, 1.165) is 11.1 Å². The van der Waals surface area contributed by atoms with Gasteiger partial charge in [0.05, 0.1) is 23.3 Å². The first-order valence-electron chi connectivity index (χ1n) is 10.2. The second-order valence-corrected chi connectivity index (χ2v) is 8.30. The molecule has 0 atom stereocenters. The molecule has 8 heteroatoms. The third kappa shape index (κ3) is 4.72. The molecule has 162 valence electrons. The zero-order valence-corrected chi connectivity index (χ0v) is 18.8. The summed E-state index contributed by atoms with van der Waals surface area (Å²) in [6.07, 6.45) is 5.19. The molecule has 0 saturated heterocycles. The van der Waals surface area contributed by atoms with Crippen LogP contribution in [0.2, 0.25) is 10.0 Å². The van der Waals surface area contributed by atoms with Gasteiger partial charge in [-0.25, -0.2) is 4.98 Å². The number of hydrogen-bond donors (Lipinski definition) is 1. The van der Waals surface area contributed by atoms with E-state index in [1.807, 2.05) is 42.6 Å². The van der Waals surface area contributed by atoms with Crippen molar-refractivity contribution in [2.45, 2.75) is 6.54 Å². The Morgan fingerprint density at radius 1 is 0.909 bits per heavy atom. The van der Waals surface area contributed by atoms with E-state index in [0.29, 0.717) is 44.6 Å². The number of anilines is 1. The summed E-state index contributed by atoms with van der Waals surface area (Å²) in [5.41, 5.74) is 3.72. The van der Waals surface area contributed by atoms with Crippen molar-refractivity contribution < 1.29 is 4.79 Å². The average Bonchev–Trinajstić information content (AvgIpc) is 3.27. The average molecular weight is 474 g/mol. The minimum absolute atomic E-state index is 0.295. The second-order valence-electron chi connectivity index (χ2n) is 7.43. The van der Waals surface area contributed by atoms with Crippen molar-refractivity contribution in [2.75, 3.05) is 5.32 Å². The fourth-order valence-electron chi connectivity index (χ4n) is 3.53. The van der Waals surface area contributed by atoms with E-state index in [4.69, 9.17) is 28.2 Å². The van der Waals surface area contributed by atoms with Gasteiger partial charge in [-0.3, -0.25) is 14.5 Å². The minimum Gasteiger partial charge on any atom is -0.305 e. The molecule has 33 heavy (non-hydrogen) atoms. The standard InChI is InChI=1S/C25H17Cl2N5O/c26-18-3-1-16(2-4-18)15-32-12-9-24(31-32)30-25(33)21-14-23(17-7-10-28-11-8-17)29-22-6-5-19(27)13-20(21)22/h1-14H,15H2,(H,30,31,33). The summed E-state index contributed by atoms with van der Waals surface area (Å²) < 4.78 is 1.75. The smallest absolute Gasteiger partial charge is 0.257 e. The Labute approximate surface area is 199 Å². The molecule has 0 aliphatic heterocycles. The zero-order valence-electron chi connectivity index (χ0n) is 17.2. The first kappa shape index (κ1) is 21.1. The topological polar surface area (TPSA) is 72.7 Å². The number of benzene rings is 2. The molecule has 0 aliphatic rings. The Bertz CT molecular complexity index is 1450. The SMILES string of the molecule is O=C(Nc1ccn(Cc2ccc(Cl)cc2)n1)c1cc(-c2ccncc2)nc2ccc(Cl)cc12. The number of halogens is 2. The molecule has 5 aromatic rings. The van der Waals surface area contributed by atoms with Gasteiger partial charge in [0.15, 0.2) is 5.82 Å². The summed E-state index contributed by atoms with van der Waals surface area (Å²) in [6.45, 7) is 0.563. The number of hydrogen-bond acceptors (Lipinski definition) is 4. The van der Waals surface area contributed by atoms with Crippen molar-refractivity contribution in [3.05, 3.63) is 106 Å². The molecular weight excluding hydrogens is 457 g/mol. The van der Waals surface area contributed by atoms with Gasteiger partial charge in [0.1, 0.15) is 0 Å². The summed E-state index contributed by atoms with van der Waals surface area (Å²) in [7, 11) is 0. The van der Waals surface area contributed by atoms with Crippen LogP contribution in [0.3, 0.4) is 0 Å². The van der Waals surface area contributed by atoms with E-state index in [-0.39, 0.29) is 5.91 Å². The minimum atomic E-state index is -0.295. The quantitative estimate of drug-likeness (QED) is 0.334. The van der Waals surface area contributed by atoms with Gasteiger partial charge >= 0.3 is 0 Å². The molecule has 0 saturated carbocycles. The van der Waals surface area contributed by atoms with Crippen molar-refractivity contribution in [1.82, 2.24) is 19.7 Å². The van der Waals surface area contributed by atoms with Crippen LogP contribution in [0.4, 0.5) is 5.82 Å². The first-order chi connectivity index (χ1) is 16.0. The van der Waals surface area contributed by atoms with Gasteiger partial charge < -0.3 is 5.32 Å². The van der Waals surface area contributed by atoms with Gasteiger partial charge in [0.25, 0.3) is 5.91 Å². The number of amides is 1. The molecule has 0 bridgehead atoms. The molecular formula is C25H17Cl2N5O. The summed E-state index contributed by atoms with van der Waals surface area (Å²) in [5.74, 6) is 0.156. The van der Waals surface area contributed by atoms with Crippen LogP contribution in [0, 0.1) is 0 Å². The second kappa shape index (κ2) is 9.02. The number of aromatic nitrogens is 4. The Hall–Kier alpha value is -3.74. The normalized spacial score (nSPS) is 11.0. The van der Waals surface area contributed by atoms with E-state index in [1.165, 1.54) is 0 Å². The maximum Gasteiger partial charge on any atom is 0.257 e. The van der Waals surface area contributed by atoms with Crippen molar-refractivity contribution in [3.8, 4) is 11.3 Å². The lowest BCUT2D eigenvalue weighted by atomic mass is 10.0. The van der Waals surface area contributed by atoms with Crippen LogP contribution in [0.25, 0.3) is 22.2 Å². The highest BCUT2D eigenvalue weighted by atomic mass is 35.5. The van der Waals surface area contributed by atoms with E-state index >= 15 is 0 Å². The molecule has 0 unspecified atom stereocenters. The van der Waals surface area contributed by atoms with Crippen LogP contribution in [-0.2, 0) is 6.54 Å². The highest BCUT2D eigenvalue weighted by Crippen LogP contribution is 2.27. The maximum atomic E-state index is 13.3. The zero-order chi connectivity index (χ0) is 22.8. The Morgan fingerprint density at radius 3 is 2.45 bits per heavy atom. The highest BCUT2D eigenvalue weighted by Gasteiger charge is 2.16. The van der Waals surface area contributed by atoms with E-state index < -0.39 is 0 Å². The maximum absolute atomic E-state index is 13.3. The number of fused-ring (bicyclic) bond motifs is 1. The van der Waals surface area contributed by atoms with Crippen LogP contribution in [0.1, 0.15) is 15.9 Å². The highest BCUT2D eigenvalue weighted by molar-refractivity contribution is 6.31. The van der Waals surface area contributed by atoms with Crippen molar-refractivity contribution in [3.63, 3.8) is 0 Å². The lowest BCUT2D eigenvalue weighted by Gasteiger charge is -2.10. The molecule has 3 heterocycles. The summed E-state index contributed by atoms with van der Waals surface area (Å²) in [5, 5.41) is 9.24. The summed E-state index contributed by atoms with van der Waals surface area (Å²) in [6, 6.07) is 20.1. The van der Waals surface area contributed by atoms with Crippen molar-refractivity contribution in [1.29, 1.82) is 0 Å². The molecule has 2 aromatic carbocycles. The lowest BCUT2D eigenvalue weighted by Crippen LogP contribution is -2.14. The van der Waals surface area contributed by atoms with Crippen LogP contribution >= 0.6 is 23.2 Å². The fraction of sp³-hybridized carbons (Fsp3) is 0.0400. The van der Waals surface area contributed by atoms with E-state index in [1.54, 1.807) is 47.4 Å².